The van der Waals surface area contributed by atoms with Gasteiger partial charge in [0.25, 0.3) is 0 Å². The molecular weight excluding hydrogens is 356 g/mol. The summed E-state index contributed by atoms with van der Waals surface area (Å²) < 4.78 is 78.8. The Morgan fingerprint density at radius 3 is 1.12 bits per heavy atom. The monoisotopic (exact) mass is 377 g/mol. The first-order valence-electron chi connectivity index (χ1n) is 7.42. The van der Waals surface area contributed by atoms with Crippen molar-refractivity contribution >= 4 is 11.8 Å². The van der Waals surface area contributed by atoms with E-state index in [-0.39, 0.29) is 0 Å². The van der Waals surface area contributed by atoms with Crippen LogP contribution in [0.15, 0.2) is 0 Å². The highest BCUT2D eigenvalue weighted by Crippen LogP contribution is 2.54. The van der Waals surface area contributed by atoms with Crippen LogP contribution in [0.2, 0.25) is 0 Å². The molecule has 0 radical (unpaired) electrons. The molecule has 1 aliphatic rings. The van der Waals surface area contributed by atoms with Crippen LogP contribution in [-0.2, 0) is 9.59 Å². The van der Waals surface area contributed by atoms with Crippen LogP contribution in [-0.4, -0.2) is 39.9 Å². The standard InChI is InChI=1S/C15H21F6NO3/c1-11(2,3)7-8(12(4,5)6)10(24)22(9(7)23)13(25,14(16,17)18)15(19,20)21/h7-8,25H,1-6H3. The van der Waals surface area contributed by atoms with E-state index in [1.807, 2.05) is 0 Å². The van der Waals surface area contributed by atoms with E-state index in [0.29, 0.717) is 0 Å². The van der Waals surface area contributed by atoms with E-state index in [4.69, 9.17) is 0 Å². The van der Waals surface area contributed by atoms with Crippen molar-refractivity contribution in [3.05, 3.63) is 0 Å². The molecule has 146 valence electrons. The van der Waals surface area contributed by atoms with Crippen LogP contribution < -0.4 is 0 Å². The van der Waals surface area contributed by atoms with Gasteiger partial charge in [-0.3, -0.25) is 9.59 Å². The van der Waals surface area contributed by atoms with E-state index >= 15 is 0 Å². The molecule has 0 spiro atoms. The molecule has 1 N–H and O–H groups in total. The number of carbonyl (C=O) groups is 2. The van der Waals surface area contributed by atoms with Crippen LogP contribution >= 0.6 is 0 Å². The molecule has 2 atom stereocenters. The predicted octanol–water partition coefficient (Wildman–Crippen LogP) is 3.49. The van der Waals surface area contributed by atoms with Crippen molar-refractivity contribution in [3.8, 4) is 0 Å². The van der Waals surface area contributed by atoms with Crippen LogP contribution in [0.3, 0.4) is 0 Å². The number of nitrogens with zero attached hydrogens (tertiary/aromatic N) is 1. The fraction of sp³-hybridized carbons (Fsp3) is 0.867. The lowest BCUT2D eigenvalue weighted by Gasteiger charge is -2.38. The molecule has 25 heavy (non-hydrogen) atoms. The summed E-state index contributed by atoms with van der Waals surface area (Å²) in [5, 5.41) is 9.53. The second-order valence-electron chi connectivity index (χ2n) is 8.37. The highest BCUT2D eigenvalue weighted by Gasteiger charge is 2.79. The highest BCUT2D eigenvalue weighted by atomic mass is 19.4. The van der Waals surface area contributed by atoms with Gasteiger partial charge in [0, 0.05) is 0 Å². The molecule has 0 bridgehead atoms. The summed E-state index contributed by atoms with van der Waals surface area (Å²) in [6.45, 7) is 8.61. The minimum Gasteiger partial charge on any atom is -0.356 e. The van der Waals surface area contributed by atoms with Gasteiger partial charge in [-0.25, -0.2) is 4.90 Å². The molecule has 1 rings (SSSR count). The second-order valence-corrected chi connectivity index (χ2v) is 8.37. The number of amides is 2. The number of hydrogen-bond donors (Lipinski definition) is 1. The zero-order chi connectivity index (χ0) is 20.4. The van der Waals surface area contributed by atoms with E-state index in [2.05, 4.69) is 0 Å². The summed E-state index contributed by atoms with van der Waals surface area (Å²) in [6.07, 6.45) is -12.6. The van der Waals surface area contributed by atoms with Gasteiger partial charge in [-0.15, -0.1) is 0 Å². The molecule has 4 nitrogen and oxygen atoms in total. The fourth-order valence-electron chi connectivity index (χ4n) is 3.15. The van der Waals surface area contributed by atoms with Gasteiger partial charge in [0.1, 0.15) is 0 Å². The molecule has 0 aromatic rings. The van der Waals surface area contributed by atoms with E-state index < -0.39 is 57.5 Å². The Labute approximate surface area is 141 Å². The Kier molecular flexibility index (Phi) is 4.85. The quantitative estimate of drug-likeness (QED) is 0.562. The van der Waals surface area contributed by atoms with Crippen molar-refractivity contribution in [2.75, 3.05) is 0 Å². The van der Waals surface area contributed by atoms with Crippen molar-refractivity contribution in [2.45, 2.75) is 59.6 Å². The lowest BCUT2D eigenvalue weighted by atomic mass is 9.65. The average molecular weight is 377 g/mol. The first-order chi connectivity index (χ1) is 10.7. The lowest BCUT2D eigenvalue weighted by Crippen LogP contribution is -2.69. The van der Waals surface area contributed by atoms with Crippen LogP contribution in [0, 0.1) is 22.7 Å². The first-order valence-corrected chi connectivity index (χ1v) is 7.42. The van der Waals surface area contributed by atoms with Crippen LogP contribution in [0.4, 0.5) is 26.3 Å². The zero-order valence-electron chi connectivity index (χ0n) is 14.6. The van der Waals surface area contributed by atoms with Gasteiger partial charge >= 0.3 is 18.1 Å². The molecule has 2 unspecified atom stereocenters. The van der Waals surface area contributed by atoms with Crippen molar-refractivity contribution in [1.29, 1.82) is 0 Å². The predicted molar refractivity (Wildman–Crippen MR) is 74.8 cm³/mol. The van der Waals surface area contributed by atoms with Gasteiger partial charge in [-0.1, -0.05) is 41.5 Å². The minimum absolute atomic E-state index is 1.04. The van der Waals surface area contributed by atoms with Gasteiger partial charge in [0.2, 0.25) is 11.8 Å². The number of likely N-dealkylation sites (tertiary alicyclic amines) is 1. The van der Waals surface area contributed by atoms with E-state index in [0.717, 1.165) is 0 Å². The molecule has 1 fully saturated rings. The van der Waals surface area contributed by atoms with Crippen molar-refractivity contribution in [3.63, 3.8) is 0 Å². The molecule has 1 aliphatic heterocycles. The molecule has 10 heteroatoms. The van der Waals surface area contributed by atoms with Crippen molar-refractivity contribution in [2.24, 2.45) is 22.7 Å². The fourth-order valence-corrected chi connectivity index (χ4v) is 3.15. The number of carbonyl (C=O) groups excluding carboxylic acids is 2. The van der Waals surface area contributed by atoms with E-state index in [9.17, 15) is 41.0 Å². The minimum atomic E-state index is -6.30. The van der Waals surface area contributed by atoms with Crippen molar-refractivity contribution < 1.29 is 41.0 Å². The number of halogens is 6. The zero-order valence-corrected chi connectivity index (χ0v) is 14.6. The third kappa shape index (κ3) is 3.24. The van der Waals surface area contributed by atoms with Gasteiger partial charge in [0.05, 0.1) is 11.8 Å². The molecule has 1 heterocycles. The lowest BCUT2D eigenvalue weighted by molar-refractivity contribution is -0.402. The number of hydrogen-bond acceptors (Lipinski definition) is 3. The summed E-state index contributed by atoms with van der Waals surface area (Å²) in [4.78, 5) is 24.0. The van der Waals surface area contributed by atoms with E-state index in [1.54, 1.807) is 0 Å². The summed E-state index contributed by atoms with van der Waals surface area (Å²) in [5.41, 5.74) is -7.77. The summed E-state index contributed by atoms with van der Waals surface area (Å²) in [7, 11) is 0. The number of rotatable bonds is 1. The molecule has 0 aromatic carbocycles. The number of aliphatic hydroxyl groups is 1. The maximum absolute atomic E-state index is 13.1. The third-order valence-electron chi connectivity index (χ3n) is 4.29. The Hall–Kier alpha value is -1.32. The first kappa shape index (κ1) is 21.7. The van der Waals surface area contributed by atoms with Gasteiger partial charge < -0.3 is 5.11 Å². The summed E-state index contributed by atoms with van der Waals surface area (Å²) in [6, 6.07) is 0. The maximum atomic E-state index is 13.1. The largest absolute Gasteiger partial charge is 0.446 e. The van der Waals surface area contributed by atoms with Crippen LogP contribution in [0.1, 0.15) is 41.5 Å². The van der Waals surface area contributed by atoms with Gasteiger partial charge in [0.15, 0.2) is 0 Å². The van der Waals surface area contributed by atoms with E-state index in [1.165, 1.54) is 41.5 Å². The smallest absolute Gasteiger partial charge is 0.356 e. The Morgan fingerprint density at radius 2 is 0.960 bits per heavy atom. The molecule has 0 aromatic heterocycles. The highest BCUT2D eigenvalue weighted by molar-refractivity contribution is 6.06. The average Bonchev–Trinajstić information content (AvgIpc) is 2.56. The van der Waals surface area contributed by atoms with Crippen LogP contribution in [0.5, 0.6) is 0 Å². The summed E-state index contributed by atoms with van der Waals surface area (Å²) in [5.74, 6) is -6.27. The molecule has 0 saturated carbocycles. The Bertz CT molecular complexity index is 522. The van der Waals surface area contributed by atoms with Gasteiger partial charge in [-0.05, 0) is 10.8 Å². The Balaban J connectivity index is 3.72. The van der Waals surface area contributed by atoms with Crippen LogP contribution in [0.25, 0.3) is 0 Å². The molecular formula is C15H21F6NO3. The third-order valence-corrected chi connectivity index (χ3v) is 4.29. The second kappa shape index (κ2) is 5.59. The number of alkyl halides is 6. The Morgan fingerprint density at radius 1 is 0.720 bits per heavy atom. The SMILES string of the molecule is CC(C)(C)C1C(=O)N(C(O)(C(F)(F)F)C(F)(F)F)C(=O)C1C(C)(C)C. The topological polar surface area (TPSA) is 57.6 Å². The normalized spacial score (nSPS) is 24.3. The number of imide groups is 1. The maximum Gasteiger partial charge on any atom is 0.446 e. The molecule has 0 aliphatic carbocycles. The summed E-state index contributed by atoms with van der Waals surface area (Å²) >= 11 is 0. The molecule has 2 amide bonds. The van der Waals surface area contributed by atoms with Crippen molar-refractivity contribution in [1.82, 2.24) is 4.90 Å². The van der Waals surface area contributed by atoms with Gasteiger partial charge in [-0.2, -0.15) is 26.3 Å². The molecule has 1 saturated heterocycles.